The second-order valence-corrected chi connectivity index (χ2v) is 5.84. The lowest BCUT2D eigenvalue weighted by atomic mass is 9.57. The summed E-state index contributed by atoms with van der Waals surface area (Å²) in [6.07, 6.45) is 3.13. The lowest BCUT2D eigenvalue weighted by Gasteiger charge is -2.51. The van der Waals surface area contributed by atoms with E-state index in [-0.39, 0.29) is 16.9 Å². The van der Waals surface area contributed by atoms with Gasteiger partial charge in [-0.3, -0.25) is 0 Å². The first-order valence-electron chi connectivity index (χ1n) is 5.75. The van der Waals surface area contributed by atoms with Crippen LogP contribution in [0.25, 0.3) is 0 Å². The highest BCUT2D eigenvalue weighted by atomic mass is 16.3. The Morgan fingerprint density at radius 2 is 1.93 bits per heavy atom. The fourth-order valence-corrected chi connectivity index (χ4v) is 2.98. The Morgan fingerprint density at radius 3 is 2.29 bits per heavy atom. The molecule has 14 heavy (non-hydrogen) atoms. The molecule has 0 aromatic carbocycles. The number of aliphatic hydroxyl groups excluding tert-OH is 1. The van der Waals surface area contributed by atoms with E-state index in [4.69, 9.17) is 5.73 Å². The van der Waals surface area contributed by atoms with Crippen LogP contribution in [0.4, 0.5) is 0 Å². The van der Waals surface area contributed by atoms with Crippen LogP contribution in [0.15, 0.2) is 0 Å². The van der Waals surface area contributed by atoms with Gasteiger partial charge in [0.2, 0.25) is 0 Å². The van der Waals surface area contributed by atoms with Crippen molar-refractivity contribution >= 4 is 0 Å². The fourth-order valence-electron chi connectivity index (χ4n) is 2.98. The number of nitrogens with two attached hydrogens (primary N) is 1. The van der Waals surface area contributed by atoms with Crippen LogP contribution in [0, 0.1) is 16.7 Å². The van der Waals surface area contributed by atoms with Crippen molar-refractivity contribution in [1.82, 2.24) is 0 Å². The highest BCUT2D eigenvalue weighted by Crippen LogP contribution is 2.49. The van der Waals surface area contributed by atoms with Gasteiger partial charge >= 0.3 is 0 Å². The Balaban J connectivity index is 2.96. The van der Waals surface area contributed by atoms with E-state index in [1.54, 1.807) is 0 Å². The molecule has 0 aliphatic heterocycles. The van der Waals surface area contributed by atoms with Gasteiger partial charge in [0, 0.05) is 12.0 Å². The summed E-state index contributed by atoms with van der Waals surface area (Å²) in [5, 5.41) is 10.4. The van der Waals surface area contributed by atoms with E-state index in [0.717, 1.165) is 12.8 Å². The molecule has 2 unspecified atom stereocenters. The second-order valence-electron chi connectivity index (χ2n) is 5.84. The van der Waals surface area contributed by atoms with Gasteiger partial charge in [-0.15, -0.1) is 0 Å². The van der Waals surface area contributed by atoms with Crippen LogP contribution in [-0.4, -0.2) is 17.8 Å². The van der Waals surface area contributed by atoms with Crippen molar-refractivity contribution in [2.24, 2.45) is 22.5 Å². The van der Waals surface area contributed by atoms with Gasteiger partial charge in [-0.25, -0.2) is 0 Å². The standard InChI is InChI=1S/C12H25NO/c1-9(2)12(8-13)7-5-6-11(3,4)10(12)14/h9-10,14H,5-8,13H2,1-4H3. The third kappa shape index (κ3) is 1.70. The van der Waals surface area contributed by atoms with Gasteiger partial charge in [0.05, 0.1) is 6.10 Å². The highest BCUT2D eigenvalue weighted by Gasteiger charge is 2.49. The van der Waals surface area contributed by atoms with Crippen LogP contribution in [0.3, 0.4) is 0 Å². The molecule has 1 rings (SSSR count). The smallest absolute Gasteiger partial charge is 0.0661 e. The molecule has 0 radical (unpaired) electrons. The van der Waals surface area contributed by atoms with E-state index < -0.39 is 0 Å². The predicted molar refractivity (Wildman–Crippen MR) is 60.0 cm³/mol. The van der Waals surface area contributed by atoms with Gasteiger partial charge in [0.25, 0.3) is 0 Å². The maximum absolute atomic E-state index is 10.4. The van der Waals surface area contributed by atoms with Crippen molar-refractivity contribution in [2.45, 2.75) is 53.1 Å². The lowest BCUT2D eigenvalue weighted by Crippen LogP contribution is -2.54. The zero-order valence-corrected chi connectivity index (χ0v) is 10.0. The van der Waals surface area contributed by atoms with Crippen molar-refractivity contribution in [3.05, 3.63) is 0 Å². The highest BCUT2D eigenvalue weighted by molar-refractivity contribution is 5.00. The molecule has 0 amide bonds. The Hall–Kier alpha value is -0.0800. The minimum absolute atomic E-state index is 0.0297. The first kappa shape index (κ1) is 12.0. The third-order valence-electron chi connectivity index (χ3n) is 4.28. The van der Waals surface area contributed by atoms with E-state index >= 15 is 0 Å². The molecule has 1 aliphatic rings. The largest absolute Gasteiger partial charge is 0.392 e. The first-order valence-corrected chi connectivity index (χ1v) is 5.75. The molecule has 0 bridgehead atoms. The van der Waals surface area contributed by atoms with Gasteiger partial charge in [-0.05, 0) is 24.2 Å². The summed E-state index contributed by atoms with van der Waals surface area (Å²) in [6.45, 7) is 9.28. The molecule has 2 heteroatoms. The van der Waals surface area contributed by atoms with E-state index in [0.29, 0.717) is 12.5 Å². The summed E-state index contributed by atoms with van der Waals surface area (Å²) < 4.78 is 0. The monoisotopic (exact) mass is 199 g/mol. The molecular formula is C12H25NO. The van der Waals surface area contributed by atoms with Crippen molar-refractivity contribution < 1.29 is 5.11 Å². The quantitative estimate of drug-likeness (QED) is 0.716. The van der Waals surface area contributed by atoms with E-state index in [9.17, 15) is 5.11 Å². The van der Waals surface area contributed by atoms with Crippen LogP contribution in [-0.2, 0) is 0 Å². The number of aliphatic hydroxyl groups is 1. The maximum Gasteiger partial charge on any atom is 0.0661 e. The fraction of sp³-hybridized carbons (Fsp3) is 1.00. The molecule has 0 spiro atoms. The van der Waals surface area contributed by atoms with Gasteiger partial charge < -0.3 is 10.8 Å². The SMILES string of the molecule is CC(C)C1(CN)CCCC(C)(C)C1O. The molecule has 1 saturated carbocycles. The average Bonchev–Trinajstić information content (AvgIpc) is 2.09. The topological polar surface area (TPSA) is 46.2 Å². The van der Waals surface area contributed by atoms with E-state index in [1.165, 1.54) is 6.42 Å². The molecule has 0 heterocycles. The Labute approximate surface area is 87.9 Å². The molecule has 0 aromatic rings. The number of hydrogen-bond donors (Lipinski definition) is 2. The van der Waals surface area contributed by atoms with Crippen LogP contribution >= 0.6 is 0 Å². The number of hydrogen-bond acceptors (Lipinski definition) is 2. The predicted octanol–water partition coefficient (Wildman–Crippen LogP) is 2.16. The summed E-state index contributed by atoms with van der Waals surface area (Å²) in [6, 6.07) is 0. The second kappa shape index (κ2) is 3.82. The van der Waals surface area contributed by atoms with Gasteiger partial charge in [0.15, 0.2) is 0 Å². The Morgan fingerprint density at radius 1 is 1.36 bits per heavy atom. The summed E-state index contributed by atoms with van der Waals surface area (Å²) in [7, 11) is 0. The zero-order chi connectivity index (χ0) is 11.0. The molecule has 1 fully saturated rings. The summed E-state index contributed by atoms with van der Waals surface area (Å²) >= 11 is 0. The lowest BCUT2D eigenvalue weighted by molar-refractivity contribution is -0.110. The normalized spacial score (nSPS) is 37.5. The van der Waals surface area contributed by atoms with E-state index in [2.05, 4.69) is 27.7 Å². The summed E-state index contributed by atoms with van der Waals surface area (Å²) in [5.41, 5.74) is 5.87. The Kier molecular flexibility index (Phi) is 3.27. The minimum Gasteiger partial charge on any atom is -0.392 e. The minimum atomic E-state index is -0.256. The van der Waals surface area contributed by atoms with Crippen LogP contribution in [0.5, 0.6) is 0 Å². The van der Waals surface area contributed by atoms with Crippen LogP contribution in [0.2, 0.25) is 0 Å². The third-order valence-corrected chi connectivity index (χ3v) is 4.28. The molecular weight excluding hydrogens is 174 g/mol. The van der Waals surface area contributed by atoms with Crippen molar-refractivity contribution in [3.8, 4) is 0 Å². The van der Waals surface area contributed by atoms with Crippen molar-refractivity contribution in [1.29, 1.82) is 0 Å². The molecule has 2 atom stereocenters. The molecule has 84 valence electrons. The van der Waals surface area contributed by atoms with Gasteiger partial charge in [0.1, 0.15) is 0 Å². The van der Waals surface area contributed by atoms with Gasteiger partial charge in [-0.2, -0.15) is 0 Å². The van der Waals surface area contributed by atoms with Crippen LogP contribution < -0.4 is 5.73 Å². The van der Waals surface area contributed by atoms with Crippen molar-refractivity contribution in [2.75, 3.05) is 6.54 Å². The maximum atomic E-state index is 10.4. The molecule has 3 N–H and O–H groups in total. The zero-order valence-electron chi connectivity index (χ0n) is 10.0. The Bertz CT molecular complexity index is 200. The summed E-state index contributed by atoms with van der Waals surface area (Å²) in [5.74, 6) is 0.460. The van der Waals surface area contributed by atoms with Crippen LogP contribution in [0.1, 0.15) is 47.0 Å². The molecule has 0 saturated heterocycles. The van der Waals surface area contributed by atoms with Crippen molar-refractivity contribution in [3.63, 3.8) is 0 Å². The molecule has 1 aliphatic carbocycles. The average molecular weight is 199 g/mol. The van der Waals surface area contributed by atoms with E-state index in [1.807, 2.05) is 0 Å². The molecule has 2 nitrogen and oxygen atoms in total. The number of rotatable bonds is 2. The molecule has 0 aromatic heterocycles. The van der Waals surface area contributed by atoms with Gasteiger partial charge in [-0.1, -0.05) is 34.1 Å². The first-order chi connectivity index (χ1) is 6.37. The summed E-state index contributed by atoms with van der Waals surface area (Å²) in [4.78, 5) is 0.